The van der Waals surface area contributed by atoms with E-state index in [9.17, 15) is 14.9 Å². The Balaban J connectivity index is 1.47. The molecule has 1 aliphatic rings. The molecule has 0 bridgehead atoms. The number of non-ortho nitro benzene ring substituents is 1. The molecule has 7 nitrogen and oxygen atoms in total. The summed E-state index contributed by atoms with van der Waals surface area (Å²) >= 11 is 12.1. The first-order valence-electron chi connectivity index (χ1n) is 12.9. The average molecular weight is 637 g/mol. The number of benzene rings is 3. The van der Waals surface area contributed by atoms with Crippen LogP contribution in [0, 0.1) is 10.1 Å². The Morgan fingerprint density at radius 3 is 2.42 bits per heavy atom. The zero-order valence-electron chi connectivity index (χ0n) is 21.8. The summed E-state index contributed by atoms with van der Waals surface area (Å²) in [6.45, 7) is 4.10. The number of halogens is 2. The molecular formula is C30H25AsCl2N3O4. The first kappa shape index (κ1) is 28.3. The molecule has 5 rings (SSSR count). The van der Waals surface area contributed by atoms with Gasteiger partial charge in [0.25, 0.3) is 0 Å². The Morgan fingerprint density at radius 1 is 1.02 bits per heavy atom. The monoisotopic (exact) mass is 636 g/mol. The Labute approximate surface area is 248 Å². The Morgan fingerprint density at radius 2 is 1.75 bits per heavy atom. The van der Waals surface area contributed by atoms with Crippen molar-refractivity contribution < 1.29 is 14.5 Å². The molecule has 0 spiro atoms. The van der Waals surface area contributed by atoms with Crippen molar-refractivity contribution in [3.8, 4) is 11.3 Å². The number of carbonyl (C=O) groups excluding carboxylic acids is 1. The third kappa shape index (κ3) is 5.78. The van der Waals surface area contributed by atoms with E-state index in [-0.39, 0.29) is 22.1 Å². The summed E-state index contributed by atoms with van der Waals surface area (Å²) in [6.07, 6.45) is 1.60. The summed E-state index contributed by atoms with van der Waals surface area (Å²) in [5, 5.41) is 12.1. The summed E-state index contributed by atoms with van der Waals surface area (Å²) < 4.78 is 6.99. The minimum absolute atomic E-state index is 0.0243. The Bertz CT molecular complexity index is 1600. The molecule has 203 valence electrons. The van der Waals surface area contributed by atoms with Crippen LogP contribution in [0.3, 0.4) is 0 Å². The van der Waals surface area contributed by atoms with Crippen LogP contribution in [-0.4, -0.2) is 42.7 Å². The van der Waals surface area contributed by atoms with Gasteiger partial charge in [0.1, 0.15) is 0 Å². The fourth-order valence-electron chi connectivity index (χ4n) is 4.83. The molecule has 0 fully saturated rings. The van der Waals surface area contributed by atoms with Gasteiger partial charge in [-0.1, -0.05) is 0 Å². The molecule has 0 N–H and O–H groups in total. The van der Waals surface area contributed by atoms with Crippen molar-refractivity contribution in [2.45, 2.75) is 43.9 Å². The molecule has 1 aliphatic carbocycles. The van der Waals surface area contributed by atoms with E-state index in [2.05, 4.69) is 19.1 Å². The van der Waals surface area contributed by atoms with Crippen molar-refractivity contribution in [2.24, 2.45) is 0 Å². The number of hydrogen-bond donors (Lipinski definition) is 0. The zero-order chi connectivity index (χ0) is 28.4. The summed E-state index contributed by atoms with van der Waals surface area (Å²) in [7, 11) is 0. The second-order valence-corrected chi connectivity index (χ2v) is 12.8. The number of carbonyl (C=O) groups is 1. The molecule has 0 saturated carbocycles. The van der Waals surface area contributed by atoms with Crippen LogP contribution in [0.4, 0.5) is 5.69 Å². The van der Waals surface area contributed by atoms with Gasteiger partial charge in [0.15, 0.2) is 0 Å². The van der Waals surface area contributed by atoms with E-state index in [0.717, 1.165) is 38.3 Å². The first-order valence-corrected chi connectivity index (χ1v) is 15.7. The standard InChI is InChI=1S/C30H25AsCl2N3O4/c1-3-24-28(22-14-11-19(32)16-23(22)33)34-25(4-2)29(35-24)31-27-21-8-6-5-7-18(21)15-26(27)40-30(37)17-9-12-20(13-10-17)36(38)39/h5-14,16,26-27H,3-4,15H2,1-2H3/t26-,27-/m0/s1. The molecule has 1 radical (unpaired) electrons. The van der Waals surface area contributed by atoms with E-state index < -0.39 is 26.6 Å². The molecule has 4 aromatic rings. The minimum atomic E-state index is -0.570. The second kappa shape index (κ2) is 12.1. The van der Waals surface area contributed by atoms with Crippen LogP contribution in [-0.2, 0) is 24.0 Å². The SMILES string of the molecule is CCc1nc(-c2ccc(Cl)cc2Cl)c(CC)nc1[As][C@H]1c2ccccc2C[C@@H]1OC(=O)c1ccc([N+](=O)[O-])cc1. The van der Waals surface area contributed by atoms with E-state index in [1.54, 1.807) is 12.1 Å². The van der Waals surface area contributed by atoms with Crippen LogP contribution in [0.2, 0.25) is 10.0 Å². The molecular weight excluding hydrogens is 612 g/mol. The van der Waals surface area contributed by atoms with Gasteiger partial charge in [0.05, 0.1) is 0 Å². The predicted octanol–water partition coefficient (Wildman–Crippen LogP) is 6.34. The summed E-state index contributed by atoms with van der Waals surface area (Å²) in [5.41, 5.74) is 5.84. The van der Waals surface area contributed by atoms with Crippen molar-refractivity contribution in [3.05, 3.63) is 115 Å². The van der Waals surface area contributed by atoms with Gasteiger partial charge in [0.2, 0.25) is 0 Å². The number of rotatable bonds is 8. The van der Waals surface area contributed by atoms with Gasteiger partial charge in [-0.25, -0.2) is 0 Å². The van der Waals surface area contributed by atoms with E-state index >= 15 is 0 Å². The van der Waals surface area contributed by atoms with Gasteiger partial charge in [0, 0.05) is 0 Å². The third-order valence-electron chi connectivity index (χ3n) is 6.86. The van der Waals surface area contributed by atoms with Gasteiger partial charge in [-0.2, -0.15) is 0 Å². The van der Waals surface area contributed by atoms with E-state index in [0.29, 0.717) is 29.3 Å². The van der Waals surface area contributed by atoms with E-state index in [1.807, 2.05) is 25.1 Å². The molecule has 0 unspecified atom stereocenters. The number of aryl methyl sites for hydroxylation is 2. The second-order valence-electron chi connectivity index (χ2n) is 9.35. The molecule has 0 aliphatic heterocycles. The van der Waals surface area contributed by atoms with Crippen molar-refractivity contribution in [3.63, 3.8) is 0 Å². The van der Waals surface area contributed by atoms with Crippen LogP contribution < -0.4 is 4.48 Å². The quantitative estimate of drug-likeness (QED) is 0.0970. The van der Waals surface area contributed by atoms with Crippen molar-refractivity contribution in [1.29, 1.82) is 0 Å². The number of ether oxygens (including phenoxy) is 1. The topological polar surface area (TPSA) is 95.2 Å². The predicted molar refractivity (Wildman–Crippen MR) is 157 cm³/mol. The number of esters is 1. The maximum atomic E-state index is 13.1. The number of nitro groups is 1. The van der Waals surface area contributed by atoms with Crippen molar-refractivity contribution in [2.75, 3.05) is 0 Å². The molecule has 10 heteroatoms. The Hall–Kier alpha value is -3.25. The van der Waals surface area contributed by atoms with Crippen LogP contribution in [0.15, 0.2) is 66.7 Å². The molecule has 0 amide bonds. The van der Waals surface area contributed by atoms with E-state index in [1.165, 1.54) is 24.3 Å². The molecule has 2 atom stereocenters. The third-order valence-corrected chi connectivity index (χ3v) is 10.5. The molecule has 1 aromatic heterocycles. The number of nitrogens with zero attached hydrogens (tertiary/aromatic N) is 3. The van der Waals surface area contributed by atoms with Crippen molar-refractivity contribution in [1.82, 2.24) is 9.97 Å². The molecule has 1 heterocycles. The van der Waals surface area contributed by atoms with Gasteiger partial charge < -0.3 is 0 Å². The van der Waals surface area contributed by atoms with Crippen molar-refractivity contribution >= 4 is 55.1 Å². The number of aromatic nitrogens is 2. The van der Waals surface area contributed by atoms with Gasteiger partial charge in [-0.15, -0.1) is 0 Å². The summed E-state index contributed by atoms with van der Waals surface area (Å²) in [4.78, 5) is 33.8. The molecule has 40 heavy (non-hydrogen) atoms. The normalized spacial score (nSPS) is 16.3. The average Bonchev–Trinajstić information content (AvgIpc) is 3.29. The van der Waals surface area contributed by atoms with Crippen LogP contribution in [0.5, 0.6) is 0 Å². The van der Waals surface area contributed by atoms with Gasteiger partial charge in [-0.3, -0.25) is 0 Å². The molecule has 3 aromatic carbocycles. The first-order chi connectivity index (χ1) is 19.3. The van der Waals surface area contributed by atoms with Crippen LogP contribution >= 0.6 is 23.2 Å². The fourth-order valence-corrected chi connectivity index (χ4v) is 8.52. The van der Waals surface area contributed by atoms with Gasteiger partial charge in [-0.05, 0) is 0 Å². The summed E-state index contributed by atoms with van der Waals surface area (Å²) in [5.74, 6) is -0.498. The Kier molecular flexibility index (Phi) is 8.55. The van der Waals surface area contributed by atoms with Crippen LogP contribution in [0.25, 0.3) is 11.3 Å². The summed E-state index contributed by atoms with van der Waals surface area (Å²) in [6, 6.07) is 19.0. The van der Waals surface area contributed by atoms with E-state index in [4.69, 9.17) is 37.9 Å². The number of fused-ring (bicyclic) bond motifs is 1. The maximum absolute atomic E-state index is 13.1. The van der Waals surface area contributed by atoms with Crippen LogP contribution in [0.1, 0.15) is 51.4 Å². The number of hydrogen-bond acceptors (Lipinski definition) is 6. The number of nitro benzene ring substituents is 1. The van der Waals surface area contributed by atoms with Gasteiger partial charge >= 0.3 is 250 Å². The molecule has 0 saturated heterocycles. The zero-order valence-corrected chi connectivity index (χ0v) is 25.2. The fraction of sp³-hybridized carbons (Fsp3) is 0.233.